The van der Waals surface area contributed by atoms with Crippen LogP contribution in [0.3, 0.4) is 0 Å². The van der Waals surface area contributed by atoms with E-state index in [0.717, 1.165) is 93.8 Å². The quantitative estimate of drug-likeness (QED) is 0.0994. The Kier molecular flexibility index (Phi) is 54.1. The Morgan fingerprint density at radius 1 is 0.402 bits per heavy atom. The zero-order chi connectivity index (χ0) is 68.5. The highest BCUT2D eigenvalue weighted by molar-refractivity contribution is 7.85. The van der Waals surface area contributed by atoms with E-state index in [1.807, 2.05) is 84.6 Å². The molecule has 16 atom stereocenters. The molecule has 92 heavy (non-hydrogen) atoms. The maximum Gasteiger partial charge on any atom is 0.234 e. The summed E-state index contributed by atoms with van der Waals surface area (Å²) < 4.78 is 26.4. The highest BCUT2D eigenvalue weighted by Crippen LogP contribution is 2.24. The van der Waals surface area contributed by atoms with Gasteiger partial charge in [0, 0.05) is 153 Å². The first-order valence-corrected chi connectivity index (χ1v) is 37.7. The molecule has 8 saturated carbocycles. The number of likely N-dealkylation sites (N-methyl/N-ethyl adjacent to an activating group) is 5. The van der Waals surface area contributed by atoms with Gasteiger partial charge in [-0.3, -0.25) is 13.8 Å². The Bertz CT molecular complexity index is 1680. The summed E-state index contributed by atoms with van der Waals surface area (Å²) in [5.74, 6) is 1.82. The van der Waals surface area contributed by atoms with Crippen LogP contribution in [0.1, 0.15) is 187 Å². The number of amides is 2. The number of rotatable bonds is 17. The van der Waals surface area contributed by atoms with Gasteiger partial charge < -0.3 is 106 Å². The lowest BCUT2D eigenvalue weighted by Gasteiger charge is -2.20. The third-order valence-corrected chi connectivity index (χ3v) is 22.1. The normalized spacial score (nSPS) is 33.5. The fourth-order valence-corrected chi connectivity index (χ4v) is 15.5. The van der Waals surface area contributed by atoms with Gasteiger partial charge in [-0.15, -0.1) is 0 Å². The molecular formula is C68H149N17O6S. The molecule has 0 aromatic rings. The molecule has 23 nitrogen and oxygen atoms in total. The third-order valence-electron chi connectivity index (χ3n) is 20.7. The van der Waals surface area contributed by atoms with Crippen LogP contribution < -0.4 is 91.6 Å². The van der Waals surface area contributed by atoms with Crippen molar-refractivity contribution >= 4 is 22.6 Å². The summed E-state index contributed by atoms with van der Waals surface area (Å²) in [7, 11) is 27.1. The van der Waals surface area contributed by atoms with Gasteiger partial charge in [-0.1, -0.05) is 12.8 Å². The van der Waals surface area contributed by atoms with Crippen LogP contribution in [0.5, 0.6) is 0 Å². The van der Waals surface area contributed by atoms with Crippen LogP contribution in [0, 0.1) is 0 Å². The molecule has 2 amide bonds. The van der Waals surface area contributed by atoms with Gasteiger partial charge in [0.15, 0.2) is 0 Å². The van der Waals surface area contributed by atoms with E-state index in [1.165, 1.54) is 135 Å². The van der Waals surface area contributed by atoms with Gasteiger partial charge in [0.2, 0.25) is 11.8 Å². The molecule has 10 rings (SSSR count). The number of methoxy groups -OCH3 is 2. The van der Waals surface area contributed by atoms with Gasteiger partial charge in [-0.2, -0.15) is 0 Å². The van der Waals surface area contributed by atoms with Crippen LogP contribution in [-0.2, 0) is 34.6 Å². The smallest absolute Gasteiger partial charge is 0.234 e. The maximum atomic E-state index is 11.0. The second-order valence-electron chi connectivity index (χ2n) is 26.8. The summed E-state index contributed by atoms with van der Waals surface area (Å²) in [6.07, 6.45) is 35.2. The SMILES string of the molecule is CNC1CCC(N)C1.CNC1CCC(NC(C)=O)C1.CNC1CCC(NC)C1.CNC1CCC(OC)C1.CNC1CCCC1N.CNC1CCCC1NC.CNC1CCCC1NC(=O)CN.CNC1CCCC1OC.CNC1CCOCC1.CNC1CCS(=O)CC1. The first-order chi connectivity index (χ1) is 44.4. The molecule has 2 aliphatic heterocycles. The van der Waals surface area contributed by atoms with Crippen LogP contribution in [0.2, 0.25) is 0 Å². The average molecular weight is 1330 g/mol. The van der Waals surface area contributed by atoms with E-state index >= 15 is 0 Å². The Labute approximate surface area is 565 Å². The highest BCUT2D eigenvalue weighted by atomic mass is 32.2. The molecule has 0 spiro atoms. The standard InChI is InChI=1S/C8H17N3O.C8H16N2O.2C7H16N2.2C7H15NO.2C6H14N2.C6H13NOS.C6H13NO/c1-10-6-3-2-4-7(6)11-8(12)5-9;1-6(11)10-8-4-3-7(5-8)9-2;1-8-6-3-4-7(5-6)9-2;1-8-6-4-3-5-7(6)9-2;1-8-6-3-4-7(5-6)9-2;1-8-6-4-3-5-7(6)9-2;1-8-6-3-2-5(7)4-6;1-8-6-4-2-3-5(6)7;1-7-6-2-4-9(8)5-3-6;1-7-6-2-4-8-5-3-6/h6-7,10H,2-5,9H2,1H3,(H,11,12);7-9H,3-5H2,1-2H3,(H,10,11);2*6-9H,3-5H2,1-2H3;2*6-8H,3-5H2,1-2H3;2*5-6,8H,2-4,7H2,1H3;6-7H,2-5H2,1H3;6-7H,2-5H2,1H3. The Hall–Kier alpha value is -1.63. The van der Waals surface area contributed by atoms with E-state index in [0.29, 0.717) is 78.7 Å². The zero-order valence-electron chi connectivity index (χ0n) is 61.3. The van der Waals surface area contributed by atoms with E-state index < -0.39 is 10.8 Å². The van der Waals surface area contributed by atoms with Crippen LogP contribution in [0.4, 0.5) is 0 Å². The Morgan fingerprint density at radius 3 is 1.14 bits per heavy atom. The van der Waals surface area contributed by atoms with Crippen molar-refractivity contribution in [3.05, 3.63) is 0 Å². The van der Waals surface area contributed by atoms with E-state index in [4.69, 9.17) is 31.4 Å². The fraction of sp³-hybridized carbons (Fsp3) is 0.971. The van der Waals surface area contributed by atoms with Crippen molar-refractivity contribution in [2.45, 2.75) is 296 Å². The van der Waals surface area contributed by atoms with Gasteiger partial charge in [-0.25, -0.2) is 0 Å². The van der Waals surface area contributed by atoms with Gasteiger partial charge >= 0.3 is 0 Å². The van der Waals surface area contributed by atoms with Crippen molar-refractivity contribution in [3.8, 4) is 0 Å². The average Bonchev–Trinajstić information content (AvgIpc) is 3.31. The number of nitrogens with one attached hydrogen (secondary N) is 14. The van der Waals surface area contributed by atoms with E-state index in [2.05, 4.69) is 74.4 Å². The molecule has 0 radical (unpaired) electrons. The minimum atomic E-state index is -0.503. The fourth-order valence-electron chi connectivity index (χ4n) is 14.2. The van der Waals surface area contributed by atoms with Gasteiger partial charge in [0.05, 0.1) is 18.8 Å². The molecule has 0 aromatic heterocycles. The maximum absolute atomic E-state index is 11.0. The van der Waals surface area contributed by atoms with Crippen molar-refractivity contribution in [1.82, 2.24) is 74.4 Å². The zero-order valence-corrected chi connectivity index (χ0v) is 62.1. The van der Waals surface area contributed by atoms with Gasteiger partial charge in [0.25, 0.3) is 0 Å². The molecule has 10 aliphatic rings. The van der Waals surface area contributed by atoms with Crippen molar-refractivity contribution in [2.75, 3.05) is 130 Å². The third kappa shape index (κ3) is 39.7. The lowest BCUT2D eigenvalue weighted by atomic mass is 10.1. The number of hydrogen-bond donors (Lipinski definition) is 17. The first-order valence-electron chi connectivity index (χ1n) is 36.3. The molecule has 2 heterocycles. The largest absolute Gasteiger partial charge is 0.381 e. The summed E-state index contributed by atoms with van der Waals surface area (Å²) >= 11 is 0. The molecule has 2 saturated heterocycles. The van der Waals surface area contributed by atoms with Crippen LogP contribution in [0.15, 0.2) is 0 Å². The number of hydrogen-bond acceptors (Lipinski definition) is 21. The molecule has 10 fully saturated rings. The van der Waals surface area contributed by atoms with Crippen molar-refractivity contribution in [3.63, 3.8) is 0 Å². The molecule has 20 N–H and O–H groups in total. The summed E-state index contributed by atoms with van der Waals surface area (Å²) in [5, 5.41) is 44.7. The van der Waals surface area contributed by atoms with Crippen molar-refractivity contribution in [2.24, 2.45) is 17.2 Å². The number of nitrogens with two attached hydrogens (primary N) is 3. The highest BCUT2D eigenvalue weighted by Gasteiger charge is 2.29. The van der Waals surface area contributed by atoms with Gasteiger partial charge in [-0.05, 0) is 252 Å². The van der Waals surface area contributed by atoms with Crippen molar-refractivity contribution in [1.29, 1.82) is 0 Å². The van der Waals surface area contributed by atoms with Crippen LogP contribution >= 0.6 is 0 Å². The Morgan fingerprint density at radius 2 is 0.793 bits per heavy atom. The summed E-state index contributed by atoms with van der Waals surface area (Å²) in [6.45, 7) is 3.54. The predicted octanol–water partition coefficient (Wildman–Crippen LogP) is 2.38. The summed E-state index contributed by atoms with van der Waals surface area (Å²) in [5.41, 5.74) is 16.6. The molecule has 24 heteroatoms. The number of carbonyl (C=O) groups is 2. The second kappa shape index (κ2) is 56.3. The molecule has 0 aromatic carbocycles. The monoisotopic (exact) mass is 1330 g/mol. The van der Waals surface area contributed by atoms with E-state index in [9.17, 15) is 13.8 Å². The van der Waals surface area contributed by atoms with E-state index in [1.54, 1.807) is 21.1 Å². The number of carbonyl (C=O) groups excluding carboxylic acids is 2. The molecule has 8 aliphatic carbocycles. The minimum Gasteiger partial charge on any atom is -0.381 e. The number of ether oxygens (including phenoxy) is 3. The predicted molar refractivity (Wildman–Crippen MR) is 388 cm³/mol. The first kappa shape index (κ1) is 88.4. The summed E-state index contributed by atoms with van der Waals surface area (Å²) in [4.78, 5) is 21.6. The van der Waals surface area contributed by atoms with Crippen LogP contribution in [0.25, 0.3) is 0 Å². The lowest BCUT2D eigenvalue weighted by molar-refractivity contribution is -0.121. The molecule has 0 bridgehead atoms. The summed E-state index contributed by atoms with van der Waals surface area (Å²) in [6, 6.07) is 9.52. The molecular weight excluding hydrogens is 1180 g/mol. The second-order valence-corrected chi connectivity index (χ2v) is 28.5. The van der Waals surface area contributed by atoms with E-state index in [-0.39, 0.29) is 24.4 Å². The lowest BCUT2D eigenvalue weighted by Crippen LogP contribution is -2.47. The van der Waals surface area contributed by atoms with Gasteiger partial charge in [0.1, 0.15) is 0 Å². The minimum absolute atomic E-state index is 0.0536. The molecule has 548 valence electrons. The van der Waals surface area contributed by atoms with Crippen LogP contribution in [-0.4, -0.2) is 255 Å². The topological polar surface area (TPSA) is 325 Å². The van der Waals surface area contributed by atoms with Crippen molar-refractivity contribution < 1.29 is 28.0 Å². The Balaban J connectivity index is 0.000000512. The molecule has 16 unspecified atom stereocenters.